The Bertz CT molecular complexity index is 959. The number of thioether (sulfide) groups is 2. The largest absolute Gasteiger partial charge is 0.421 e. The number of likely N-dealkylation sites (N-methyl/N-ethyl adjacent to an activating group) is 1. The van der Waals surface area contributed by atoms with Gasteiger partial charge in [-0.1, -0.05) is 17.4 Å². The first-order chi connectivity index (χ1) is 14.4. The van der Waals surface area contributed by atoms with Crippen molar-refractivity contribution in [2.45, 2.75) is 40.7 Å². The Balaban J connectivity index is 1.37. The van der Waals surface area contributed by atoms with Crippen LogP contribution in [-0.2, 0) is 19.1 Å². The molecule has 1 fully saturated rings. The highest BCUT2D eigenvalue weighted by Crippen LogP contribution is 2.43. The minimum Gasteiger partial charge on any atom is -0.404 e. The van der Waals surface area contributed by atoms with E-state index in [-0.39, 0.29) is 0 Å². The van der Waals surface area contributed by atoms with Crippen molar-refractivity contribution < 1.29 is 19.1 Å². The summed E-state index contributed by atoms with van der Waals surface area (Å²) in [4.78, 5) is 25.6. The van der Waals surface area contributed by atoms with Crippen LogP contribution in [0, 0.1) is 6.92 Å². The number of cyclic esters (lactones) is 2. The summed E-state index contributed by atoms with van der Waals surface area (Å²) >= 11 is 5.28. The summed E-state index contributed by atoms with van der Waals surface area (Å²) in [6, 6.07) is 0. The fourth-order valence-electron chi connectivity index (χ4n) is 3.03. The van der Waals surface area contributed by atoms with Gasteiger partial charge in [-0.25, -0.2) is 9.59 Å². The molecule has 0 radical (unpaired) electrons. The molecule has 160 valence electrons. The molecule has 13 heteroatoms. The molecule has 0 unspecified atom stereocenters. The topological polar surface area (TPSA) is 107 Å². The highest BCUT2D eigenvalue weighted by molar-refractivity contribution is 8.02. The molecule has 4 rings (SSSR count). The number of carbonyl (C=O) groups is 2. The maximum absolute atomic E-state index is 11.7. The van der Waals surface area contributed by atoms with E-state index in [2.05, 4.69) is 37.0 Å². The number of esters is 2. The standard InChI is InChI=1S/C17H19N5O4S4/c1-10-18-19-16(28-10)29-17(25-14(23)15(24)26-17)6-4-8-27-13-12(20-30-21-13)11-5-3-7-22(2)9-11/h5H,3-4,6-9H2,1-2H3. The number of hydrogen-bond donors (Lipinski definition) is 0. The zero-order valence-corrected chi connectivity index (χ0v) is 19.6. The Labute approximate surface area is 189 Å². The first-order valence-electron chi connectivity index (χ1n) is 9.23. The second-order valence-electron chi connectivity index (χ2n) is 6.78. The first kappa shape index (κ1) is 21.7. The van der Waals surface area contributed by atoms with E-state index in [9.17, 15) is 9.59 Å². The van der Waals surface area contributed by atoms with E-state index in [1.54, 1.807) is 11.8 Å². The predicted molar refractivity (Wildman–Crippen MR) is 115 cm³/mol. The van der Waals surface area contributed by atoms with Crippen LogP contribution in [0.4, 0.5) is 0 Å². The maximum Gasteiger partial charge on any atom is 0.421 e. The van der Waals surface area contributed by atoms with Crippen LogP contribution in [-0.4, -0.2) is 66.8 Å². The second kappa shape index (κ2) is 9.30. The number of aryl methyl sites for hydroxylation is 1. The van der Waals surface area contributed by atoms with Crippen molar-refractivity contribution in [3.63, 3.8) is 0 Å². The molecule has 4 heterocycles. The van der Waals surface area contributed by atoms with Crippen LogP contribution in [0.3, 0.4) is 0 Å². The third-order valence-corrected chi connectivity index (χ3v) is 8.15. The molecule has 1 saturated heterocycles. The fraction of sp³-hybridized carbons (Fsp3) is 0.529. The van der Waals surface area contributed by atoms with E-state index in [1.807, 2.05) is 6.92 Å². The summed E-state index contributed by atoms with van der Waals surface area (Å²) in [6.07, 6.45) is 4.23. The van der Waals surface area contributed by atoms with Crippen molar-refractivity contribution in [2.24, 2.45) is 0 Å². The SMILES string of the molecule is Cc1nnc(SC2(CCCSc3nsnc3C3=CCCN(C)C3)OC(=O)C(=O)O2)s1. The Morgan fingerprint density at radius 2 is 2.03 bits per heavy atom. The van der Waals surface area contributed by atoms with Crippen LogP contribution < -0.4 is 0 Å². The number of ether oxygens (including phenoxy) is 2. The van der Waals surface area contributed by atoms with Gasteiger partial charge in [0.25, 0.3) is 0 Å². The number of rotatable bonds is 8. The first-order valence-corrected chi connectivity index (χ1v) is 12.6. The Morgan fingerprint density at radius 3 is 2.73 bits per heavy atom. The summed E-state index contributed by atoms with van der Waals surface area (Å²) in [6.45, 7) is 3.75. The lowest BCUT2D eigenvalue weighted by Crippen LogP contribution is -2.26. The minimum absolute atomic E-state index is 0.346. The smallest absolute Gasteiger partial charge is 0.404 e. The van der Waals surface area contributed by atoms with Gasteiger partial charge >= 0.3 is 17.1 Å². The molecule has 30 heavy (non-hydrogen) atoms. The summed E-state index contributed by atoms with van der Waals surface area (Å²) in [5, 5.41) is 8.28. The Hall–Kier alpha value is -1.54. The number of nitrogens with zero attached hydrogens (tertiary/aromatic N) is 5. The molecule has 0 bridgehead atoms. The lowest BCUT2D eigenvalue weighted by atomic mass is 10.1. The Morgan fingerprint density at radius 1 is 1.23 bits per heavy atom. The summed E-state index contributed by atoms with van der Waals surface area (Å²) < 4.78 is 20.1. The fourth-order valence-corrected chi connectivity index (χ4v) is 6.83. The molecule has 0 aromatic carbocycles. The average Bonchev–Trinajstić information content (AvgIpc) is 3.40. The number of carbonyl (C=O) groups excluding carboxylic acids is 2. The molecule has 2 aliphatic rings. The minimum atomic E-state index is -1.39. The number of hydrogen-bond acceptors (Lipinski definition) is 13. The molecule has 9 nitrogen and oxygen atoms in total. The van der Waals surface area contributed by atoms with Crippen LogP contribution in [0.5, 0.6) is 0 Å². The highest BCUT2D eigenvalue weighted by Gasteiger charge is 2.50. The third-order valence-electron chi connectivity index (χ3n) is 4.38. The summed E-state index contributed by atoms with van der Waals surface area (Å²) in [7, 11) is 2.10. The molecule has 0 atom stereocenters. The summed E-state index contributed by atoms with van der Waals surface area (Å²) in [5.74, 6) is -1.24. The molecule has 2 aromatic heterocycles. The second-order valence-corrected chi connectivity index (χ2v) is 11.0. The van der Waals surface area contributed by atoms with Crippen molar-refractivity contribution in [1.82, 2.24) is 23.8 Å². The monoisotopic (exact) mass is 485 g/mol. The van der Waals surface area contributed by atoms with Gasteiger partial charge in [-0.15, -0.1) is 22.0 Å². The molecule has 0 aliphatic carbocycles. The lowest BCUT2D eigenvalue weighted by molar-refractivity contribution is -0.150. The van der Waals surface area contributed by atoms with Gasteiger partial charge in [-0.05, 0) is 49.9 Å². The van der Waals surface area contributed by atoms with E-state index in [4.69, 9.17) is 9.47 Å². The van der Waals surface area contributed by atoms with Gasteiger partial charge < -0.3 is 14.4 Å². The Kier molecular flexibility index (Phi) is 6.72. The average molecular weight is 486 g/mol. The van der Waals surface area contributed by atoms with Crippen molar-refractivity contribution in [3.05, 3.63) is 16.8 Å². The van der Waals surface area contributed by atoms with E-state index in [0.717, 1.165) is 47.0 Å². The molecule has 2 aliphatic heterocycles. The van der Waals surface area contributed by atoms with E-state index in [1.165, 1.54) is 28.6 Å². The molecule has 2 aromatic rings. The highest BCUT2D eigenvalue weighted by atomic mass is 32.2. The molecule has 0 saturated carbocycles. The molecule has 0 N–H and O–H groups in total. The van der Waals surface area contributed by atoms with Gasteiger partial charge in [0.05, 0.1) is 11.7 Å². The van der Waals surface area contributed by atoms with E-state index < -0.39 is 17.1 Å². The van der Waals surface area contributed by atoms with Gasteiger partial charge in [0.15, 0.2) is 4.34 Å². The van der Waals surface area contributed by atoms with Crippen LogP contribution in [0.2, 0.25) is 0 Å². The van der Waals surface area contributed by atoms with Crippen molar-refractivity contribution in [1.29, 1.82) is 0 Å². The van der Waals surface area contributed by atoms with Gasteiger partial charge in [0, 0.05) is 19.5 Å². The van der Waals surface area contributed by atoms with Crippen molar-refractivity contribution in [2.75, 3.05) is 25.9 Å². The van der Waals surface area contributed by atoms with E-state index >= 15 is 0 Å². The molecular weight excluding hydrogens is 466 g/mol. The van der Waals surface area contributed by atoms with Crippen LogP contribution in [0.25, 0.3) is 5.57 Å². The van der Waals surface area contributed by atoms with Crippen molar-refractivity contribution in [3.8, 4) is 0 Å². The lowest BCUT2D eigenvalue weighted by Gasteiger charge is -2.23. The number of aromatic nitrogens is 4. The van der Waals surface area contributed by atoms with Gasteiger partial charge in [0.2, 0.25) is 0 Å². The molecular formula is C17H19N5O4S4. The zero-order chi connectivity index (χ0) is 21.1. The van der Waals surface area contributed by atoms with Gasteiger partial charge in [-0.3, -0.25) is 0 Å². The van der Waals surface area contributed by atoms with Crippen LogP contribution >= 0.6 is 46.6 Å². The molecule has 0 amide bonds. The normalized spacial score (nSPS) is 18.9. The summed E-state index contributed by atoms with van der Waals surface area (Å²) in [5.41, 5.74) is 2.15. The van der Waals surface area contributed by atoms with Gasteiger partial charge in [0.1, 0.15) is 15.7 Å². The quantitative estimate of drug-likeness (QED) is 0.238. The third kappa shape index (κ3) is 5.02. The maximum atomic E-state index is 11.7. The van der Waals surface area contributed by atoms with Crippen LogP contribution in [0.15, 0.2) is 15.4 Å². The molecule has 0 spiro atoms. The predicted octanol–water partition coefficient (Wildman–Crippen LogP) is 2.84. The van der Waals surface area contributed by atoms with Crippen LogP contribution in [0.1, 0.15) is 30.0 Å². The van der Waals surface area contributed by atoms with Crippen molar-refractivity contribution >= 4 is 64.1 Å². The van der Waals surface area contributed by atoms with E-state index in [0.29, 0.717) is 22.9 Å². The van der Waals surface area contributed by atoms with Gasteiger partial charge in [-0.2, -0.15) is 8.75 Å². The zero-order valence-electron chi connectivity index (χ0n) is 16.3.